The zero-order chi connectivity index (χ0) is 13.3. The van der Waals surface area contributed by atoms with E-state index in [0.717, 1.165) is 36.1 Å². The monoisotopic (exact) mass is 248 g/mol. The molecule has 1 aliphatic carbocycles. The normalized spacial score (nSPS) is 15.2. The maximum atomic E-state index is 6.00. The molecule has 4 nitrogen and oxygen atoms in total. The molecule has 100 valence electrons. The van der Waals surface area contributed by atoms with E-state index in [1.807, 2.05) is 6.92 Å². The molecular formula is C14H24N4. The molecule has 1 aromatic heterocycles. The molecule has 18 heavy (non-hydrogen) atoms. The summed E-state index contributed by atoms with van der Waals surface area (Å²) in [7, 11) is 0. The van der Waals surface area contributed by atoms with Gasteiger partial charge in [-0.25, -0.2) is 9.97 Å². The Morgan fingerprint density at radius 3 is 2.50 bits per heavy atom. The van der Waals surface area contributed by atoms with Crippen molar-refractivity contribution in [1.29, 1.82) is 0 Å². The Morgan fingerprint density at radius 2 is 2.00 bits per heavy atom. The zero-order valence-electron chi connectivity index (χ0n) is 11.9. The largest absolute Gasteiger partial charge is 0.383 e. The second kappa shape index (κ2) is 5.12. The van der Waals surface area contributed by atoms with E-state index >= 15 is 0 Å². The van der Waals surface area contributed by atoms with Crippen molar-refractivity contribution in [3.63, 3.8) is 0 Å². The van der Waals surface area contributed by atoms with Crippen LogP contribution in [0.4, 0.5) is 11.6 Å². The third-order valence-corrected chi connectivity index (χ3v) is 3.57. The highest BCUT2D eigenvalue weighted by Crippen LogP contribution is 2.33. The van der Waals surface area contributed by atoms with E-state index < -0.39 is 0 Å². The van der Waals surface area contributed by atoms with Gasteiger partial charge in [-0.15, -0.1) is 0 Å². The average Bonchev–Trinajstić information content (AvgIpc) is 3.13. The van der Waals surface area contributed by atoms with Crippen LogP contribution in [0.15, 0.2) is 0 Å². The molecule has 1 saturated carbocycles. The predicted octanol–water partition coefficient (Wildman–Crippen LogP) is 2.55. The molecule has 0 radical (unpaired) electrons. The summed E-state index contributed by atoms with van der Waals surface area (Å²) < 4.78 is 0. The second-order valence-electron chi connectivity index (χ2n) is 5.52. The molecule has 0 spiro atoms. The number of hydrogen-bond acceptors (Lipinski definition) is 4. The first-order valence-electron chi connectivity index (χ1n) is 6.92. The van der Waals surface area contributed by atoms with Crippen molar-refractivity contribution in [1.82, 2.24) is 9.97 Å². The minimum Gasteiger partial charge on any atom is -0.383 e. The molecule has 1 aromatic rings. The smallest absolute Gasteiger partial charge is 0.137 e. The average molecular weight is 248 g/mol. The summed E-state index contributed by atoms with van der Waals surface area (Å²) in [5, 5.41) is 0. The van der Waals surface area contributed by atoms with Crippen LogP contribution in [0.2, 0.25) is 0 Å². The molecule has 0 amide bonds. The molecule has 0 saturated heterocycles. The van der Waals surface area contributed by atoms with Crippen LogP contribution in [0, 0.1) is 12.8 Å². The van der Waals surface area contributed by atoms with E-state index in [9.17, 15) is 0 Å². The van der Waals surface area contributed by atoms with Gasteiger partial charge >= 0.3 is 0 Å². The van der Waals surface area contributed by atoms with Crippen molar-refractivity contribution in [2.45, 2.75) is 53.0 Å². The van der Waals surface area contributed by atoms with E-state index in [-0.39, 0.29) is 0 Å². The number of hydrogen-bond donors (Lipinski definition) is 1. The lowest BCUT2D eigenvalue weighted by Gasteiger charge is -2.29. The van der Waals surface area contributed by atoms with Crippen molar-refractivity contribution >= 4 is 11.6 Å². The number of aromatic nitrogens is 2. The maximum Gasteiger partial charge on any atom is 0.137 e. The van der Waals surface area contributed by atoms with Crippen LogP contribution in [0.3, 0.4) is 0 Å². The molecule has 1 fully saturated rings. The molecule has 0 aliphatic heterocycles. The summed E-state index contributed by atoms with van der Waals surface area (Å²) in [6.45, 7) is 9.61. The highest BCUT2D eigenvalue weighted by Gasteiger charge is 2.27. The van der Waals surface area contributed by atoms with Crippen molar-refractivity contribution in [2.24, 2.45) is 5.92 Å². The second-order valence-corrected chi connectivity index (χ2v) is 5.52. The highest BCUT2D eigenvalue weighted by atomic mass is 15.2. The summed E-state index contributed by atoms with van der Waals surface area (Å²) in [5.74, 6) is 3.34. The van der Waals surface area contributed by atoms with Crippen molar-refractivity contribution in [3.8, 4) is 0 Å². The molecular weight excluding hydrogens is 224 g/mol. The number of aryl methyl sites for hydroxylation is 1. The predicted molar refractivity (Wildman–Crippen MR) is 75.8 cm³/mol. The Hall–Kier alpha value is -1.32. The van der Waals surface area contributed by atoms with E-state index in [2.05, 4.69) is 35.6 Å². The number of nitrogens with two attached hydrogens (primary N) is 1. The maximum absolute atomic E-state index is 6.00. The summed E-state index contributed by atoms with van der Waals surface area (Å²) in [6.07, 6.45) is 3.53. The number of nitrogen functional groups attached to an aromatic ring is 1. The van der Waals surface area contributed by atoms with Crippen LogP contribution in [0.1, 0.15) is 45.0 Å². The first-order valence-corrected chi connectivity index (χ1v) is 6.92. The van der Waals surface area contributed by atoms with E-state index in [0.29, 0.717) is 11.9 Å². The molecule has 1 aliphatic rings. The Balaban J connectivity index is 2.35. The lowest BCUT2D eigenvalue weighted by Crippen LogP contribution is -2.34. The van der Waals surface area contributed by atoms with Gasteiger partial charge in [-0.05, 0) is 39.5 Å². The number of anilines is 2. The van der Waals surface area contributed by atoms with Gasteiger partial charge in [0.15, 0.2) is 0 Å². The van der Waals surface area contributed by atoms with Crippen LogP contribution in [-0.2, 0) is 6.42 Å². The van der Waals surface area contributed by atoms with Gasteiger partial charge < -0.3 is 10.6 Å². The van der Waals surface area contributed by atoms with Crippen molar-refractivity contribution < 1.29 is 0 Å². The van der Waals surface area contributed by atoms with E-state index in [4.69, 9.17) is 5.73 Å². The van der Waals surface area contributed by atoms with Crippen LogP contribution in [0.25, 0.3) is 0 Å². The minimum atomic E-state index is 0.448. The Kier molecular flexibility index (Phi) is 3.73. The van der Waals surface area contributed by atoms with Gasteiger partial charge in [0.25, 0.3) is 0 Å². The van der Waals surface area contributed by atoms with Crippen molar-refractivity contribution in [2.75, 3.05) is 17.2 Å². The molecule has 0 bridgehead atoms. The quantitative estimate of drug-likeness (QED) is 0.870. The Morgan fingerprint density at radius 1 is 1.33 bits per heavy atom. The molecule has 2 rings (SSSR count). The SMILES string of the molecule is CCc1nc(N)c(C)c(N(CC2CC2)C(C)C)n1. The third kappa shape index (κ3) is 2.74. The lowest BCUT2D eigenvalue weighted by molar-refractivity contribution is 0.631. The van der Waals surface area contributed by atoms with Gasteiger partial charge in [0.2, 0.25) is 0 Å². The summed E-state index contributed by atoms with van der Waals surface area (Å²) in [5.41, 5.74) is 7.02. The van der Waals surface area contributed by atoms with Crippen molar-refractivity contribution in [3.05, 3.63) is 11.4 Å². The van der Waals surface area contributed by atoms with Crippen LogP contribution in [0.5, 0.6) is 0 Å². The highest BCUT2D eigenvalue weighted by molar-refractivity contribution is 5.57. The first kappa shape index (κ1) is 13.1. The zero-order valence-corrected chi connectivity index (χ0v) is 11.9. The Labute approximate surface area is 110 Å². The van der Waals surface area contributed by atoms with Gasteiger partial charge in [0.1, 0.15) is 17.5 Å². The van der Waals surface area contributed by atoms with Gasteiger partial charge in [0.05, 0.1) is 0 Å². The van der Waals surface area contributed by atoms with Gasteiger partial charge in [-0.3, -0.25) is 0 Å². The fraction of sp³-hybridized carbons (Fsp3) is 0.714. The van der Waals surface area contributed by atoms with Crippen LogP contribution >= 0.6 is 0 Å². The summed E-state index contributed by atoms with van der Waals surface area (Å²) in [4.78, 5) is 11.4. The fourth-order valence-electron chi connectivity index (χ4n) is 2.13. The van der Waals surface area contributed by atoms with Gasteiger partial charge in [-0.2, -0.15) is 0 Å². The molecule has 1 heterocycles. The minimum absolute atomic E-state index is 0.448. The van der Waals surface area contributed by atoms with Gasteiger partial charge in [0, 0.05) is 24.6 Å². The van der Waals surface area contributed by atoms with Crippen LogP contribution in [-0.4, -0.2) is 22.6 Å². The fourth-order valence-corrected chi connectivity index (χ4v) is 2.13. The van der Waals surface area contributed by atoms with Gasteiger partial charge in [-0.1, -0.05) is 6.92 Å². The molecule has 0 atom stereocenters. The lowest BCUT2D eigenvalue weighted by atomic mass is 10.2. The van der Waals surface area contributed by atoms with Crippen LogP contribution < -0.4 is 10.6 Å². The first-order chi connectivity index (χ1) is 8.52. The molecule has 0 aromatic carbocycles. The van der Waals surface area contributed by atoms with E-state index in [1.54, 1.807) is 0 Å². The standard InChI is InChI=1S/C14H24N4/c1-5-12-16-13(15)10(4)14(17-12)18(9(2)3)8-11-6-7-11/h9,11H,5-8H2,1-4H3,(H2,15,16,17). The Bertz CT molecular complexity index is 424. The molecule has 4 heteroatoms. The number of rotatable bonds is 5. The third-order valence-electron chi connectivity index (χ3n) is 3.57. The number of nitrogens with zero attached hydrogens (tertiary/aromatic N) is 3. The summed E-state index contributed by atoms with van der Waals surface area (Å²) in [6, 6.07) is 0.448. The summed E-state index contributed by atoms with van der Waals surface area (Å²) >= 11 is 0. The molecule has 2 N–H and O–H groups in total. The molecule has 0 unspecified atom stereocenters. The topological polar surface area (TPSA) is 55.0 Å². The van der Waals surface area contributed by atoms with E-state index in [1.165, 1.54) is 12.8 Å².